The van der Waals surface area contributed by atoms with E-state index in [-0.39, 0.29) is 6.16 Å². The van der Waals surface area contributed by atoms with Gasteiger partial charge in [-0.2, -0.15) is 0 Å². The number of hydrogen-bond acceptors (Lipinski definition) is 3. The Kier molecular flexibility index (Phi) is 7.63. The summed E-state index contributed by atoms with van der Waals surface area (Å²) in [6.07, 6.45) is 0.902. The first-order chi connectivity index (χ1) is 7.65. The van der Waals surface area contributed by atoms with E-state index in [1.54, 1.807) is 0 Å². The Labute approximate surface area is 109 Å². The lowest BCUT2D eigenvalue weighted by Crippen LogP contribution is -2.43. The van der Waals surface area contributed by atoms with E-state index < -0.39 is 30.4 Å². The minimum absolute atomic E-state index is 0.214. The molecular weight excluding hydrogens is 292 g/mol. The van der Waals surface area contributed by atoms with Gasteiger partial charge >= 0.3 is 13.6 Å². The van der Waals surface area contributed by atoms with Crippen LogP contribution in [0.3, 0.4) is 0 Å². The molecule has 0 bridgehead atoms. The molecule has 5 N–H and O–H groups in total. The van der Waals surface area contributed by atoms with Crippen LogP contribution in [-0.4, -0.2) is 43.8 Å². The molecule has 0 amide bonds. The van der Waals surface area contributed by atoms with Crippen LogP contribution in [0.2, 0.25) is 0 Å². The number of carbonyl (C=O) groups is 1. The Morgan fingerprint density at radius 1 is 1.29 bits per heavy atom. The van der Waals surface area contributed by atoms with Crippen molar-refractivity contribution < 1.29 is 24.3 Å². The monoisotopic (exact) mass is 307 g/mol. The smallest absolute Gasteiger partial charge is 0.325 e. The van der Waals surface area contributed by atoms with E-state index >= 15 is 0 Å². The van der Waals surface area contributed by atoms with E-state index in [2.05, 4.69) is 0 Å². The van der Waals surface area contributed by atoms with Crippen LogP contribution in [0.4, 0.5) is 0 Å². The number of carboxylic acid groups (broad SMARTS) is 1. The van der Waals surface area contributed by atoms with Crippen LogP contribution >= 0.6 is 30.8 Å². The van der Waals surface area contributed by atoms with E-state index in [0.29, 0.717) is 19.3 Å². The highest BCUT2D eigenvalue weighted by Gasteiger charge is 2.28. The van der Waals surface area contributed by atoms with Gasteiger partial charge in [0.05, 0.1) is 10.8 Å². The molecule has 0 aliphatic carbocycles. The zero-order chi connectivity index (χ0) is 13.6. The Hall–Kier alpha value is 0.160. The van der Waals surface area contributed by atoms with Crippen LogP contribution in [0.1, 0.15) is 19.3 Å². The van der Waals surface area contributed by atoms with Gasteiger partial charge in [-0.05, 0) is 12.8 Å². The SMILES string of the molecule is NC(C(=O)O)C(Cl)C(Cl)CCCCP(=O)(O)O. The summed E-state index contributed by atoms with van der Waals surface area (Å²) in [5.74, 6) is -1.23. The van der Waals surface area contributed by atoms with Crippen molar-refractivity contribution in [2.75, 3.05) is 6.16 Å². The van der Waals surface area contributed by atoms with Gasteiger partial charge in [-0.25, -0.2) is 0 Å². The van der Waals surface area contributed by atoms with Crippen molar-refractivity contribution in [3.8, 4) is 0 Å². The molecule has 102 valence electrons. The molecule has 0 heterocycles. The molecule has 17 heavy (non-hydrogen) atoms. The van der Waals surface area contributed by atoms with Gasteiger partial charge in [-0.3, -0.25) is 9.36 Å². The quantitative estimate of drug-likeness (QED) is 0.301. The molecular formula is C8H16Cl2NO5P. The molecule has 0 aromatic heterocycles. The molecule has 9 heteroatoms. The largest absolute Gasteiger partial charge is 0.480 e. The molecule has 0 fully saturated rings. The average molecular weight is 308 g/mol. The maximum Gasteiger partial charge on any atom is 0.325 e. The van der Waals surface area contributed by atoms with E-state index in [9.17, 15) is 9.36 Å². The average Bonchev–Trinajstić information content (AvgIpc) is 2.20. The van der Waals surface area contributed by atoms with Crippen LogP contribution in [0.25, 0.3) is 0 Å². The molecule has 0 aromatic rings. The van der Waals surface area contributed by atoms with E-state index in [0.717, 1.165) is 0 Å². The highest BCUT2D eigenvalue weighted by molar-refractivity contribution is 7.51. The second-order valence-electron chi connectivity index (χ2n) is 3.71. The third-order valence-electron chi connectivity index (χ3n) is 2.15. The van der Waals surface area contributed by atoms with Gasteiger partial charge in [-0.15, -0.1) is 23.2 Å². The zero-order valence-corrected chi connectivity index (χ0v) is 11.4. The third-order valence-corrected chi connectivity index (χ3v) is 4.25. The van der Waals surface area contributed by atoms with Crippen molar-refractivity contribution in [2.24, 2.45) is 5.73 Å². The molecule has 3 atom stereocenters. The number of unbranched alkanes of at least 4 members (excludes halogenated alkanes) is 1. The first-order valence-electron chi connectivity index (χ1n) is 4.96. The van der Waals surface area contributed by atoms with Crippen LogP contribution < -0.4 is 5.73 Å². The normalized spacial score (nSPS) is 17.5. The first-order valence-corrected chi connectivity index (χ1v) is 7.63. The Balaban J connectivity index is 3.90. The molecule has 6 nitrogen and oxygen atoms in total. The van der Waals surface area contributed by atoms with Gasteiger partial charge in [0.15, 0.2) is 0 Å². The number of rotatable bonds is 8. The second-order valence-corrected chi connectivity index (χ2v) is 6.55. The van der Waals surface area contributed by atoms with Gasteiger partial charge in [0.2, 0.25) is 0 Å². The summed E-state index contributed by atoms with van der Waals surface area (Å²) in [4.78, 5) is 27.8. The summed E-state index contributed by atoms with van der Waals surface area (Å²) in [5.41, 5.74) is 5.29. The second kappa shape index (κ2) is 7.56. The topological polar surface area (TPSA) is 121 Å². The van der Waals surface area contributed by atoms with Crippen LogP contribution in [0.5, 0.6) is 0 Å². The molecule has 3 unspecified atom stereocenters. The fourth-order valence-corrected chi connectivity index (χ4v) is 2.36. The highest BCUT2D eigenvalue weighted by Crippen LogP contribution is 2.35. The molecule has 0 aliphatic rings. The first kappa shape index (κ1) is 17.2. The predicted molar refractivity (Wildman–Crippen MR) is 65.7 cm³/mol. The molecule has 0 radical (unpaired) electrons. The highest BCUT2D eigenvalue weighted by atomic mass is 35.5. The Bertz CT molecular complexity index is 298. The Morgan fingerprint density at radius 2 is 1.82 bits per heavy atom. The summed E-state index contributed by atoms with van der Waals surface area (Å²) in [6, 6.07) is -1.25. The minimum atomic E-state index is -3.98. The van der Waals surface area contributed by atoms with Crippen molar-refractivity contribution in [3.05, 3.63) is 0 Å². The molecule has 0 aromatic carbocycles. The number of halogens is 2. The van der Waals surface area contributed by atoms with Gasteiger partial charge in [0.1, 0.15) is 6.04 Å². The van der Waals surface area contributed by atoms with Gasteiger partial charge in [0, 0.05) is 6.16 Å². The zero-order valence-electron chi connectivity index (χ0n) is 9.00. The number of aliphatic carboxylic acids is 1. The van der Waals surface area contributed by atoms with Crippen molar-refractivity contribution >= 4 is 36.8 Å². The van der Waals surface area contributed by atoms with E-state index in [1.807, 2.05) is 0 Å². The Morgan fingerprint density at radius 3 is 2.24 bits per heavy atom. The number of nitrogens with two attached hydrogens (primary N) is 1. The van der Waals surface area contributed by atoms with Gasteiger partial charge in [0.25, 0.3) is 0 Å². The predicted octanol–water partition coefficient (Wildman–Crippen LogP) is 0.961. The van der Waals surface area contributed by atoms with Crippen LogP contribution in [0, 0.1) is 0 Å². The summed E-state index contributed by atoms with van der Waals surface area (Å²) in [7, 11) is -3.98. The summed E-state index contributed by atoms with van der Waals surface area (Å²) >= 11 is 11.6. The van der Waals surface area contributed by atoms with Crippen molar-refractivity contribution in [1.82, 2.24) is 0 Å². The minimum Gasteiger partial charge on any atom is -0.480 e. The van der Waals surface area contributed by atoms with Crippen molar-refractivity contribution in [2.45, 2.75) is 36.1 Å². The fourth-order valence-electron chi connectivity index (χ4n) is 1.18. The lowest BCUT2D eigenvalue weighted by atomic mass is 10.1. The van der Waals surface area contributed by atoms with E-state index in [1.165, 1.54) is 0 Å². The van der Waals surface area contributed by atoms with E-state index in [4.69, 9.17) is 43.8 Å². The number of hydrogen-bond donors (Lipinski definition) is 4. The van der Waals surface area contributed by atoms with Gasteiger partial charge < -0.3 is 20.6 Å². The molecule has 0 spiro atoms. The summed E-state index contributed by atoms with van der Waals surface area (Å²) in [5, 5.41) is 7.06. The molecule has 0 saturated carbocycles. The van der Waals surface area contributed by atoms with Crippen LogP contribution in [0.15, 0.2) is 0 Å². The third kappa shape index (κ3) is 7.97. The summed E-state index contributed by atoms with van der Waals surface area (Å²) in [6.45, 7) is 0. The lowest BCUT2D eigenvalue weighted by molar-refractivity contribution is -0.138. The number of alkyl halides is 2. The van der Waals surface area contributed by atoms with Crippen molar-refractivity contribution in [1.29, 1.82) is 0 Å². The van der Waals surface area contributed by atoms with Gasteiger partial charge in [-0.1, -0.05) is 6.42 Å². The maximum absolute atomic E-state index is 10.5. The molecule has 0 rings (SSSR count). The number of carboxylic acids is 1. The summed E-state index contributed by atoms with van der Waals surface area (Å²) < 4.78 is 10.5. The molecule has 0 saturated heterocycles. The standard InChI is InChI=1S/C8H16Cl2NO5P/c9-5(6(10)7(11)8(12)13)3-1-2-4-17(14,15)16/h5-7H,1-4,11H2,(H,12,13)(H2,14,15,16). The van der Waals surface area contributed by atoms with Crippen LogP contribution in [-0.2, 0) is 9.36 Å². The maximum atomic E-state index is 10.5. The molecule has 0 aliphatic heterocycles. The lowest BCUT2D eigenvalue weighted by Gasteiger charge is -2.19. The fraction of sp³-hybridized carbons (Fsp3) is 0.875. The van der Waals surface area contributed by atoms with Crippen molar-refractivity contribution in [3.63, 3.8) is 0 Å².